The van der Waals surface area contributed by atoms with Gasteiger partial charge in [0, 0.05) is 18.1 Å². The predicted octanol–water partition coefficient (Wildman–Crippen LogP) is 2.21. The minimum atomic E-state index is -0.434. The number of rotatable bonds is 6. The van der Waals surface area contributed by atoms with Crippen LogP contribution >= 0.6 is 0 Å². The van der Waals surface area contributed by atoms with E-state index in [2.05, 4.69) is 0 Å². The van der Waals surface area contributed by atoms with E-state index >= 15 is 0 Å². The summed E-state index contributed by atoms with van der Waals surface area (Å²) in [6.07, 6.45) is 1.28. The van der Waals surface area contributed by atoms with Crippen molar-refractivity contribution in [2.75, 3.05) is 13.7 Å². The van der Waals surface area contributed by atoms with Crippen LogP contribution in [0, 0.1) is 5.82 Å². The van der Waals surface area contributed by atoms with E-state index in [-0.39, 0.29) is 18.4 Å². The summed E-state index contributed by atoms with van der Waals surface area (Å²) in [7, 11) is 1.43. The van der Waals surface area contributed by atoms with Crippen LogP contribution in [0.1, 0.15) is 32.3 Å². The van der Waals surface area contributed by atoms with Crippen LogP contribution in [0.2, 0.25) is 0 Å². The van der Waals surface area contributed by atoms with Crippen LogP contribution in [-0.2, 0) is 5.41 Å². The lowest BCUT2D eigenvalue weighted by atomic mass is 9.73. The smallest absolute Gasteiger partial charge is 0.165 e. The molecular weight excluding hydrogens is 233 g/mol. The van der Waals surface area contributed by atoms with Crippen LogP contribution in [0.25, 0.3) is 0 Å². The van der Waals surface area contributed by atoms with Gasteiger partial charge in [-0.2, -0.15) is 0 Å². The maximum atomic E-state index is 13.8. The standard InChI is InChI=1S/C14H22FNO2/c1-4-13(16)14(2,7-8-17)10-5-6-12(18-3)11(15)9-10/h5-6,9,13,17H,4,7-8,16H2,1-3H3. The van der Waals surface area contributed by atoms with Crippen LogP contribution in [0.5, 0.6) is 5.75 Å². The first-order valence-electron chi connectivity index (χ1n) is 6.20. The first kappa shape index (κ1) is 14.9. The van der Waals surface area contributed by atoms with Gasteiger partial charge in [0.25, 0.3) is 0 Å². The molecule has 0 radical (unpaired) electrons. The summed E-state index contributed by atoms with van der Waals surface area (Å²) in [5.74, 6) is -0.183. The van der Waals surface area contributed by atoms with E-state index in [1.54, 1.807) is 6.07 Å². The zero-order chi connectivity index (χ0) is 13.8. The summed E-state index contributed by atoms with van der Waals surface area (Å²) in [5.41, 5.74) is 6.49. The third-order valence-corrected chi connectivity index (χ3v) is 3.70. The minimum Gasteiger partial charge on any atom is -0.494 e. The first-order chi connectivity index (χ1) is 8.49. The van der Waals surface area contributed by atoms with E-state index in [9.17, 15) is 9.50 Å². The second kappa shape index (κ2) is 6.16. The number of methoxy groups -OCH3 is 1. The lowest BCUT2D eigenvalue weighted by Crippen LogP contribution is -2.43. The van der Waals surface area contributed by atoms with Crippen LogP contribution < -0.4 is 10.5 Å². The zero-order valence-corrected chi connectivity index (χ0v) is 11.2. The third-order valence-electron chi connectivity index (χ3n) is 3.70. The summed E-state index contributed by atoms with van der Waals surface area (Å²) in [6.45, 7) is 3.97. The first-order valence-corrected chi connectivity index (χ1v) is 6.20. The Kier molecular flexibility index (Phi) is 5.11. The summed E-state index contributed by atoms with van der Waals surface area (Å²) in [4.78, 5) is 0. The van der Waals surface area contributed by atoms with Crippen molar-refractivity contribution in [2.24, 2.45) is 5.73 Å². The Labute approximate surface area is 108 Å². The number of aliphatic hydroxyl groups excluding tert-OH is 1. The molecule has 0 fully saturated rings. The van der Waals surface area contributed by atoms with Crippen molar-refractivity contribution in [3.63, 3.8) is 0 Å². The van der Waals surface area contributed by atoms with Crippen molar-refractivity contribution in [2.45, 2.75) is 38.1 Å². The highest BCUT2D eigenvalue weighted by Crippen LogP contribution is 2.33. The fourth-order valence-corrected chi connectivity index (χ4v) is 2.25. The van der Waals surface area contributed by atoms with Gasteiger partial charge in [-0.1, -0.05) is 19.9 Å². The average molecular weight is 255 g/mol. The SMILES string of the molecule is CCC(N)C(C)(CCO)c1ccc(OC)c(F)c1. The zero-order valence-electron chi connectivity index (χ0n) is 11.2. The molecule has 2 atom stereocenters. The summed E-state index contributed by atoms with van der Waals surface area (Å²) >= 11 is 0. The highest BCUT2D eigenvalue weighted by molar-refractivity contribution is 5.34. The molecule has 0 heterocycles. The lowest BCUT2D eigenvalue weighted by Gasteiger charge is -2.35. The number of hydrogen-bond donors (Lipinski definition) is 2. The second-order valence-electron chi connectivity index (χ2n) is 4.76. The number of ether oxygens (including phenoxy) is 1. The molecule has 0 aliphatic carbocycles. The monoisotopic (exact) mass is 255 g/mol. The minimum absolute atomic E-state index is 0.0256. The summed E-state index contributed by atoms with van der Waals surface area (Å²) in [6, 6.07) is 4.73. The Morgan fingerprint density at radius 2 is 2.17 bits per heavy atom. The van der Waals surface area contributed by atoms with Crippen molar-refractivity contribution in [1.29, 1.82) is 0 Å². The van der Waals surface area contributed by atoms with Crippen molar-refractivity contribution >= 4 is 0 Å². The number of hydrogen-bond acceptors (Lipinski definition) is 3. The normalized spacial score (nSPS) is 16.1. The van der Waals surface area contributed by atoms with E-state index in [1.165, 1.54) is 13.2 Å². The van der Waals surface area contributed by atoms with Crippen LogP contribution in [0.15, 0.2) is 18.2 Å². The van der Waals surface area contributed by atoms with Gasteiger partial charge in [0.15, 0.2) is 11.6 Å². The average Bonchev–Trinajstić information content (AvgIpc) is 2.37. The van der Waals surface area contributed by atoms with Crippen LogP contribution in [-0.4, -0.2) is 24.9 Å². The largest absolute Gasteiger partial charge is 0.494 e. The maximum absolute atomic E-state index is 13.8. The molecular formula is C14H22FNO2. The fraction of sp³-hybridized carbons (Fsp3) is 0.571. The molecule has 1 aromatic rings. The lowest BCUT2D eigenvalue weighted by molar-refractivity contribution is 0.222. The Morgan fingerprint density at radius 3 is 2.61 bits per heavy atom. The van der Waals surface area contributed by atoms with Gasteiger partial charge in [-0.3, -0.25) is 0 Å². The second-order valence-corrected chi connectivity index (χ2v) is 4.76. The van der Waals surface area contributed by atoms with Gasteiger partial charge in [-0.05, 0) is 30.5 Å². The van der Waals surface area contributed by atoms with E-state index in [0.717, 1.165) is 12.0 Å². The van der Waals surface area contributed by atoms with Crippen molar-refractivity contribution < 1.29 is 14.2 Å². The van der Waals surface area contributed by atoms with E-state index in [1.807, 2.05) is 19.9 Å². The number of halogens is 1. The molecule has 3 nitrogen and oxygen atoms in total. The maximum Gasteiger partial charge on any atom is 0.165 e. The molecule has 2 unspecified atom stereocenters. The molecule has 3 N–H and O–H groups in total. The Bertz CT molecular complexity index is 397. The Balaban J connectivity index is 3.17. The molecule has 1 rings (SSSR count). The highest BCUT2D eigenvalue weighted by Gasteiger charge is 2.32. The quantitative estimate of drug-likeness (QED) is 0.819. The van der Waals surface area contributed by atoms with E-state index < -0.39 is 11.2 Å². The number of nitrogens with two attached hydrogens (primary N) is 1. The molecule has 0 aromatic heterocycles. The van der Waals surface area contributed by atoms with Gasteiger partial charge >= 0.3 is 0 Å². The molecule has 0 saturated heterocycles. The van der Waals surface area contributed by atoms with Gasteiger partial charge in [0.1, 0.15) is 0 Å². The molecule has 4 heteroatoms. The highest BCUT2D eigenvalue weighted by atomic mass is 19.1. The molecule has 0 spiro atoms. The van der Waals surface area contributed by atoms with Crippen molar-refractivity contribution in [3.05, 3.63) is 29.6 Å². The molecule has 0 aliphatic heterocycles. The molecule has 0 aliphatic rings. The van der Waals surface area contributed by atoms with Crippen LogP contribution in [0.3, 0.4) is 0 Å². The molecule has 0 saturated carbocycles. The fourth-order valence-electron chi connectivity index (χ4n) is 2.25. The molecule has 0 bridgehead atoms. The van der Waals surface area contributed by atoms with Gasteiger partial charge in [-0.15, -0.1) is 0 Å². The third kappa shape index (κ3) is 2.82. The van der Waals surface area contributed by atoms with Crippen molar-refractivity contribution in [3.8, 4) is 5.75 Å². The Morgan fingerprint density at radius 1 is 1.50 bits per heavy atom. The van der Waals surface area contributed by atoms with Crippen LogP contribution in [0.4, 0.5) is 4.39 Å². The summed E-state index contributed by atoms with van der Waals surface area (Å²) < 4.78 is 18.7. The summed E-state index contributed by atoms with van der Waals surface area (Å²) in [5, 5.41) is 9.20. The van der Waals surface area contributed by atoms with Crippen molar-refractivity contribution in [1.82, 2.24) is 0 Å². The van der Waals surface area contributed by atoms with Gasteiger partial charge < -0.3 is 15.6 Å². The molecule has 18 heavy (non-hydrogen) atoms. The topological polar surface area (TPSA) is 55.5 Å². The van der Waals surface area contributed by atoms with Gasteiger partial charge in [0.2, 0.25) is 0 Å². The van der Waals surface area contributed by atoms with E-state index in [0.29, 0.717) is 6.42 Å². The molecule has 1 aromatic carbocycles. The van der Waals surface area contributed by atoms with Gasteiger partial charge in [-0.25, -0.2) is 4.39 Å². The molecule has 102 valence electrons. The molecule has 0 amide bonds. The Hall–Kier alpha value is -1.13. The number of aliphatic hydroxyl groups is 1. The predicted molar refractivity (Wildman–Crippen MR) is 70.3 cm³/mol. The number of benzene rings is 1. The van der Waals surface area contributed by atoms with E-state index in [4.69, 9.17) is 10.5 Å². The van der Waals surface area contributed by atoms with Gasteiger partial charge in [0.05, 0.1) is 7.11 Å².